The monoisotopic (exact) mass is 676 g/mol. The Labute approximate surface area is 283 Å². The van der Waals surface area contributed by atoms with Crippen molar-refractivity contribution in [3.05, 3.63) is 86.8 Å². The number of carbonyl (C=O) groups is 2. The van der Waals surface area contributed by atoms with Crippen LogP contribution in [-0.2, 0) is 32.5 Å². The van der Waals surface area contributed by atoms with Crippen LogP contribution in [0.4, 0.5) is 16.3 Å². The van der Waals surface area contributed by atoms with Crippen LogP contribution in [0.3, 0.4) is 0 Å². The first-order chi connectivity index (χ1) is 22.8. The molecule has 0 radical (unpaired) electrons. The average Bonchev–Trinajstić information content (AvgIpc) is 3.03. The van der Waals surface area contributed by atoms with Crippen molar-refractivity contribution in [1.82, 2.24) is 14.9 Å². The molecule has 14 heteroatoms. The van der Waals surface area contributed by atoms with E-state index >= 15 is 0 Å². The van der Waals surface area contributed by atoms with Gasteiger partial charge in [-0.05, 0) is 50.4 Å². The minimum Gasteiger partial charge on any atom is -0.493 e. The van der Waals surface area contributed by atoms with Crippen LogP contribution in [0.2, 0.25) is 5.28 Å². The van der Waals surface area contributed by atoms with Crippen LogP contribution in [0.5, 0.6) is 5.75 Å². The smallest absolute Gasteiger partial charge is 0.410 e. The van der Waals surface area contributed by atoms with Crippen LogP contribution < -0.4 is 9.64 Å². The van der Waals surface area contributed by atoms with E-state index in [9.17, 15) is 25.0 Å². The number of benzene rings is 2. The summed E-state index contributed by atoms with van der Waals surface area (Å²) in [4.78, 5) is 51.4. The lowest BCUT2D eigenvalue weighted by Gasteiger charge is -2.50. The van der Waals surface area contributed by atoms with Gasteiger partial charge in [-0.1, -0.05) is 48.5 Å². The largest absolute Gasteiger partial charge is 0.493 e. The first-order valence-corrected chi connectivity index (χ1v) is 15.9. The number of fused-ring (bicyclic) bond motifs is 1. The fourth-order valence-corrected chi connectivity index (χ4v) is 6.83. The van der Waals surface area contributed by atoms with Gasteiger partial charge in [-0.2, -0.15) is 10.2 Å². The Morgan fingerprint density at radius 3 is 2.48 bits per heavy atom. The summed E-state index contributed by atoms with van der Waals surface area (Å²) in [6.45, 7) is 5.65. The lowest BCUT2D eigenvalue weighted by atomic mass is 9.72. The number of piperazine rings is 1. The summed E-state index contributed by atoms with van der Waals surface area (Å²) in [5.74, 6) is -0.196. The second kappa shape index (κ2) is 13.6. The Hall–Kier alpha value is -4.96. The summed E-state index contributed by atoms with van der Waals surface area (Å²) in [6.07, 6.45) is -0.459. The summed E-state index contributed by atoms with van der Waals surface area (Å²) >= 11 is 6.49. The number of nitrogens with zero attached hydrogens (tertiary/aromatic N) is 6. The number of nitro groups is 1. The van der Waals surface area contributed by atoms with Gasteiger partial charge < -0.3 is 19.1 Å². The van der Waals surface area contributed by atoms with Gasteiger partial charge in [0.05, 0.1) is 36.7 Å². The highest BCUT2D eigenvalue weighted by molar-refractivity contribution is 6.28. The highest BCUT2D eigenvalue weighted by atomic mass is 35.5. The van der Waals surface area contributed by atoms with Gasteiger partial charge in [-0.25, -0.2) is 9.78 Å². The molecule has 1 aromatic heterocycles. The van der Waals surface area contributed by atoms with Crippen molar-refractivity contribution in [2.24, 2.45) is 0 Å². The molecular formula is C34H37ClN6O7. The quantitative estimate of drug-likeness (QED) is 0.130. The predicted molar refractivity (Wildman–Crippen MR) is 176 cm³/mol. The lowest BCUT2D eigenvalue weighted by molar-refractivity contribution is -0.385. The van der Waals surface area contributed by atoms with Crippen LogP contribution >= 0.6 is 11.6 Å². The molecule has 1 fully saturated rings. The van der Waals surface area contributed by atoms with Crippen molar-refractivity contribution < 1.29 is 28.7 Å². The normalized spacial score (nSPS) is 20.6. The summed E-state index contributed by atoms with van der Waals surface area (Å²) in [5, 5.41) is 22.7. The van der Waals surface area contributed by atoms with Crippen molar-refractivity contribution in [3.8, 4) is 11.8 Å². The Bertz CT molecular complexity index is 1740. The molecule has 2 aromatic carbocycles. The van der Waals surface area contributed by atoms with Gasteiger partial charge in [0.1, 0.15) is 22.5 Å². The Balaban J connectivity index is 1.62. The van der Waals surface area contributed by atoms with Crippen molar-refractivity contribution in [2.45, 2.75) is 63.0 Å². The van der Waals surface area contributed by atoms with Crippen LogP contribution in [0.25, 0.3) is 0 Å². The van der Waals surface area contributed by atoms with E-state index in [0.717, 1.165) is 5.56 Å². The summed E-state index contributed by atoms with van der Waals surface area (Å²) in [6, 6.07) is 18.6. The molecule has 1 saturated heterocycles. The molecule has 0 saturated carbocycles. The fourth-order valence-electron chi connectivity index (χ4n) is 6.64. The van der Waals surface area contributed by atoms with Gasteiger partial charge in [-0.3, -0.25) is 19.8 Å². The molecule has 1 amide bonds. The Morgan fingerprint density at radius 1 is 1.10 bits per heavy atom. The van der Waals surface area contributed by atoms with Gasteiger partial charge in [0.2, 0.25) is 11.1 Å². The number of rotatable bonds is 8. The van der Waals surface area contributed by atoms with E-state index in [1.807, 2.05) is 30.3 Å². The maximum Gasteiger partial charge on any atom is 0.410 e. The van der Waals surface area contributed by atoms with Crippen molar-refractivity contribution in [1.29, 1.82) is 5.26 Å². The third-order valence-electron chi connectivity index (χ3n) is 8.68. The molecule has 2 atom stereocenters. The Morgan fingerprint density at radius 2 is 1.81 bits per heavy atom. The minimum atomic E-state index is -1.35. The molecule has 3 heterocycles. The highest BCUT2D eigenvalue weighted by Crippen LogP contribution is 2.45. The van der Waals surface area contributed by atoms with E-state index in [-0.39, 0.29) is 68.7 Å². The Kier molecular flexibility index (Phi) is 9.77. The second-order valence-electron chi connectivity index (χ2n) is 13.0. The number of hydrogen-bond acceptors (Lipinski definition) is 11. The molecule has 0 N–H and O–H groups in total. The fraction of sp³-hybridized carbons (Fsp3) is 0.441. The van der Waals surface area contributed by atoms with E-state index in [1.54, 1.807) is 54.8 Å². The van der Waals surface area contributed by atoms with Crippen molar-refractivity contribution in [2.75, 3.05) is 38.3 Å². The maximum atomic E-state index is 13.6. The van der Waals surface area contributed by atoms with E-state index in [2.05, 4.69) is 16.0 Å². The minimum absolute atomic E-state index is 0.00113. The van der Waals surface area contributed by atoms with E-state index < -0.39 is 39.2 Å². The predicted octanol–water partition coefficient (Wildman–Crippen LogP) is 5.43. The number of ether oxygens (including phenoxy) is 3. The molecule has 1 unspecified atom stereocenters. The van der Waals surface area contributed by atoms with Gasteiger partial charge >= 0.3 is 17.7 Å². The average molecular weight is 677 g/mol. The van der Waals surface area contributed by atoms with E-state index in [4.69, 9.17) is 25.8 Å². The molecule has 0 spiro atoms. The zero-order valence-electron chi connectivity index (χ0n) is 27.3. The third-order valence-corrected chi connectivity index (χ3v) is 8.85. The topological polar surface area (TPSA) is 161 Å². The van der Waals surface area contributed by atoms with Gasteiger partial charge in [0, 0.05) is 38.0 Å². The van der Waals surface area contributed by atoms with Gasteiger partial charge in [0.25, 0.3) is 0 Å². The zero-order valence-corrected chi connectivity index (χ0v) is 28.0. The van der Waals surface area contributed by atoms with Crippen LogP contribution in [0.15, 0.2) is 54.6 Å². The molecule has 3 aromatic rings. The molecular weight excluding hydrogens is 640 g/mol. The number of methoxy groups -OCH3 is 1. The van der Waals surface area contributed by atoms with Crippen molar-refractivity contribution in [3.63, 3.8) is 0 Å². The summed E-state index contributed by atoms with van der Waals surface area (Å²) < 4.78 is 16.8. The zero-order chi connectivity index (χ0) is 34.7. The van der Waals surface area contributed by atoms with E-state index in [0.29, 0.717) is 11.3 Å². The molecule has 252 valence electrons. The van der Waals surface area contributed by atoms with E-state index in [1.165, 1.54) is 7.11 Å². The molecule has 2 aliphatic heterocycles. The van der Waals surface area contributed by atoms with Crippen LogP contribution in [0.1, 0.15) is 50.4 Å². The number of esters is 1. The number of hydrogen-bond donors (Lipinski definition) is 0. The number of nitriles is 1. The number of anilines is 1. The van der Waals surface area contributed by atoms with Crippen molar-refractivity contribution >= 4 is 35.2 Å². The van der Waals surface area contributed by atoms with Gasteiger partial charge in [-0.15, -0.1) is 0 Å². The standard InChI is InChI=1S/C34H37ClN6O7/c1-32(2,3)48-31(43)40-18-17-39(22-33(40,14-16-36)20-23-10-6-5-7-11-23)28-27(41(44)45)25(37-30(35)38-28)21-34(29(42)46-4)15-19-47-26-13-9-8-12-24(26)34/h5-13H,14-15,17-22H2,1-4H3/t33-,34?/m1/s1. The molecule has 13 nitrogen and oxygen atoms in total. The third kappa shape index (κ3) is 6.85. The van der Waals surface area contributed by atoms with Crippen LogP contribution in [-0.4, -0.2) is 76.3 Å². The molecule has 0 bridgehead atoms. The first kappa shape index (κ1) is 34.4. The number of carbonyl (C=O) groups excluding carboxylic acids is 2. The number of halogens is 1. The lowest BCUT2D eigenvalue weighted by Crippen LogP contribution is -2.65. The first-order valence-electron chi connectivity index (χ1n) is 15.5. The number of aromatic nitrogens is 2. The summed E-state index contributed by atoms with van der Waals surface area (Å²) in [7, 11) is 1.26. The highest BCUT2D eigenvalue weighted by Gasteiger charge is 2.50. The molecule has 48 heavy (non-hydrogen) atoms. The molecule has 0 aliphatic carbocycles. The molecule has 5 rings (SSSR count). The number of amides is 1. The SMILES string of the molecule is COC(=O)C1(Cc2nc(Cl)nc(N3CCN(C(=O)OC(C)(C)C)[C@](CC#N)(Cc4ccccc4)C3)c2[N+](=O)[O-])CCOc2ccccc21. The molecule has 2 aliphatic rings. The number of para-hydroxylation sites is 1. The second-order valence-corrected chi connectivity index (χ2v) is 13.3. The maximum absolute atomic E-state index is 13.6. The van der Waals surface area contributed by atoms with Crippen LogP contribution in [0, 0.1) is 21.4 Å². The van der Waals surface area contributed by atoms with Gasteiger partial charge in [0.15, 0.2) is 0 Å². The summed E-state index contributed by atoms with van der Waals surface area (Å²) in [5.41, 5.74) is -2.41.